The standard InChI is InChI=1S/C9H10ClN/c1-7(6-11)8-4-2-3-5-9(8)10/h2-5H,1,6,11H2. The Kier molecular flexibility index (Phi) is 2.69. The first-order chi connectivity index (χ1) is 5.25. The Labute approximate surface area is 71.5 Å². The molecule has 2 heteroatoms. The molecule has 0 radical (unpaired) electrons. The summed E-state index contributed by atoms with van der Waals surface area (Å²) < 4.78 is 0. The molecule has 0 amide bonds. The number of rotatable bonds is 2. The van der Waals surface area contributed by atoms with Crippen LogP contribution in [0.15, 0.2) is 30.8 Å². The zero-order valence-electron chi connectivity index (χ0n) is 6.18. The summed E-state index contributed by atoms with van der Waals surface area (Å²) in [6, 6.07) is 7.55. The smallest absolute Gasteiger partial charge is 0.0481 e. The van der Waals surface area contributed by atoms with E-state index >= 15 is 0 Å². The molecule has 0 unspecified atom stereocenters. The fourth-order valence-corrected chi connectivity index (χ4v) is 1.13. The van der Waals surface area contributed by atoms with Gasteiger partial charge in [0.25, 0.3) is 0 Å². The van der Waals surface area contributed by atoms with Crippen LogP contribution >= 0.6 is 11.6 Å². The van der Waals surface area contributed by atoms with Gasteiger partial charge in [0.15, 0.2) is 0 Å². The van der Waals surface area contributed by atoms with Gasteiger partial charge in [0.1, 0.15) is 0 Å². The van der Waals surface area contributed by atoms with Gasteiger partial charge >= 0.3 is 0 Å². The second-order valence-electron chi connectivity index (χ2n) is 2.29. The number of nitrogens with two attached hydrogens (primary N) is 1. The van der Waals surface area contributed by atoms with Gasteiger partial charge in [-0.25, -0.2) is 0 Å². The molecule has 0 aliphatic rings. The first-order valence-electron chi connectivity index (χ1n) is 3.38. The van der Waals surface area contributed by atoms with Crippen LogP contribution in [-0.2, 0) is 0 Å². The lowest BCUT2D eigenvalue weighted by molar-refractivity contribution is 1.27. The Balaban J connectivity index is 3.03. The van der Waals surface area contributed by atoms with E-state index in [-0.39, 0.29) is 0 Å². The van der Waals surface area contributed by atoms with Gasteiger partial charge < -0.3 is 5.73 Å². The molecule has 1 rings (SSSR count). The lowest BCUT2D eigenvalue weighted by Crippen LogP contribution is -2.00. The van der Waals surface area contributed by atoms with Crippen LogP contribution in [-0.4, -0.2) is 6.54 Å². The molecule has 0 bridgehead atoms. The third-order valence-electron chi connectivity index (χ3n) is 1.50. The van der Waals surface area contributed by atoms with Crippen molar-refractivity contribution in [2.24, 2.45) is 5.73 Å². The molecule has 1 aromatic rings. The van der Waals surface area contributed by atoms with Crippen molar-refractivity contribution in [1.29, 1.82) is 0 Å². The molecule has 1 aromatic carbocycles. The van der Waals surface area contributed by atoms with Gasteiger partial charge in [-0.3, -0.25) is 0 Å². The zero-order chi connectivity index (χ0) is 8.27. The van der Waals surface area contributed by atoms with Gasteiger partial charge in [0, 0.05) is 11.6 Å². The summed E-state index contributed by atoms with van der Waals surface area (Å²) >= 11 is 5.88. The van der Waals surface area contributed by atoms with E-state index in [9.17, 15) is 0 Å². The maximum atomic E-state index is 5.88. The Morgan fingerprint density at radius 1 is 1.45 bits per heavy atom. The van der Waals surface area contributed by atoms with Crippen LogP contribution in [0.3, 0.4) is 0 Å². The van der Waals surface area contributed by atoms with E-state index in [1.54, 1.807) is 0 Å². The molecule has 0 aromatic heterocycles. The second kappa shape index (κ2) is 3.56. The molecule has 0 aliphatic heterocycles. The Morgan fingerprint density at radius 3 is 2.64 bits per heavy atom. The monoisotopic (exact) mass is 167 g/mol. The second-order valence-corrected chi connectivity index (χ2v) is 2.69. The maximum Gasteiger partial charge on any atom is 0.0481 e. The van der Waals surface area contributed by atoms with Crippen molar-refractivity contribution >= 4 is 17.2 Å². The molecule has 0 aliphatic carbocycles. The average Bonchev–Trinajstić information content (AvgIpc) is 2.04. The largest absolute Gasteiger partial charge is 0.326 e. The Hall–Kier alpha value is -0.790. The highest BCUT2D eigenvalue weighted by Gasteiger charge is 1.99. The van der Waals surface area contributed by atoms with Crippen molar-refractivity contribution < 1.29 is 0 Å². The normalized spacial score (nSPS) is 9.64. The Bertz CT molecular complexity index is 268. The molecule has 2 N–H and O–H groups in total. The van der Waals surface area contributed by atoms with E-state index in [4.69, 9.17) is 17.3 Å². The first-order valence-corrected chi connectivity index (χ1v) is 3.76. The third-order valence-corrected chi connectivity index (χ3v) is 1.83. The third kappa shape index (κ3) is 1.82. The molecule has 0 fully saturated rings. The molecular formula is C9H10ClN. The highest BCUT2D eigenvalue weighted by Crippen LogP contribution is 2.20. The van der Waals surface area contributed by atoms with Crippen LogP contribution in [0.5, 0.6) is 0 Å². The molecule has 1 nitrogen and oxygen atoms in total. The predicted molar refractivity (Wildman–Crippen MR) is 49.5 cm³/mol. The van der Waals surface area contributed by atoms with Crippen LogP contribution < -0.4 is 5.73 Å². The highest BCUT2D eigenvalue weighted by atomic mass is 35.5. The lowest BCUT2D eigenvalue weighted by atomic mass is 10.1. The zero-order valence-corrected chi connectivity index (χ0v) is 6.93. The summed E-state index contributed by atoms with van der Waals surface area (Å²) in [7, 11) is 0. The SMILES string of the molecule is C=C(CN)c1ccccc1Cl. The van der Waals surface area contributed by atoms with Gasteiger partial charge in [-0.05, 0) is 17.2 Å². The van der Waals surface area contributed by atoms with Crippen molar-refractivity contribution in [3.05, 3.63) is 41.4 Å². The van der Waals surface area contributed by atoms with Crippen molar-refractivity contribution in [2.45, 2.75) is 0 Å². The summed E-state index contributed by atoms with van der Waals surface area (Å²) in [5.41, 5.74) is 7.23. The summed E-state index contributed by atoms with van der Waals surface area (Å²) in [4.78, 5) is 0. The summed E-state index contributed by atoms with van der Waals surface area (Å²) in [5.74, 6) is 0. The summed E-state index contributed by atoms with van der Waals surface area (Å²) in [6.45, 7) is 4.24. The molecular weight excluding hydrogens is 158 g/mol. The van der Waals surface area contributed by atoms with Crippen LogP contribution in [0.25, 0.3) is 5.57 Å². The predicted octanol–water partition coefficient (Wildman–Crippen LogP) is 2.31. The van der Waals surface area contributed by atoms with Crippen molar-refractivity contribution in [3.63, 3.8) is 0 Å². The minimum absolute atomic E-state index is 0.448. The summed E-state index contributed by atoms with van der Waals surface area (Å²) in [5, 5.41) is 0.711. The van der Waals surface area contributed by atoms with E-state index in [1.807, 2.05) is 24.3 Å². The molecule has 0 atom stereocenters. The highest BCUT2D eigenvalue weighted by molar-refractivity contribution is 6.32. The van der Waals surface area contributed by atoms with Crippen molar-refractivity contribution in [2.75, 3.05) is 6.54 Å². The molecule has 0 heterocycles. The van der Waals surface area contributed by atoms with Gasteiger partial charge in [-0.2, -0.15) is 0 Å². The lowest BCUT2D eigenvalue weighted by Gasteiger charge is -2.03. The van der Waals surface area contributed by atoms with Gasteiger partial charge in [0.2, 0.25) is 0 Å². The quantitative estimate of drug-likeness (QED) is 0.719. The molecule has 0 spiro atoms. The molecule has 0 saturated carbocycles. The van der Waals surface area contributed by atoms with Crippen LogP contribution in [0.1, 0.15) is 5.56 Å². The molecule has 58 valence electrons. The van der Waals surface area contributed by atoms with E-state index in [1.165, 1.54) is 0 Å². The van der Waals surface area contributed by atoms with Gasteiger partial charge in [-0.1, -0.05) is 36.4 Å². The van der Waals surface area contributed by atoms with Crippen molar-refractivity contribution in [3.8, 4) is 0 Å². The summed E-state index contributed by atoms with van der Waals surface area (Å²) in [6.07, 6.45) is 0. The average molecular weight is 168 g/mol. The maximum absolute atomic E-state index is 5.88. The van der Waals surface area contributed by atoms with Crippen LogP contribution in [0.2, 0.25) is 5.02 Å². The van der Waals surface area contributed by atoms with Crippen molar-refractivity contribution in [1.82, 2.24) is 0 Å². The minimum atomic E-state index is 0.448. The van der Waals surface area contributed by atoms with E-state index in [0.29, 0.717) is 11.6 Å². The van der Waals surface area contributed by atoms with Gasteiger partial charge in [-0.15, -0.1) is 0 Å². The number of benzene rings is 1. The topological polar surface area (TPSA) is 26.0 Å². The first kappa shape index (κ1) is 8.31. The number of hydrogen-bond acceptors (Lipinski definition) is 1. The fraction of sp³-hybridized carbons (Fsp3) is 0.111. The fourth-order valence-electron chi connectivity index (χ4n) is 0.858. The van der Waals surface area contributed by atoms with Crippen LogP contribution in [0.4, 0.5) is 0 Å². The van der Waals surface area contributed by atoms with E-state index in [0.717, 1.165) is 11.1 Å². The molecule has 11 heavy (non-hydrogen) atoms. The van der Waals surface area contributed by atoms with E-state index < -0.39 is 0 Å². The van der Waals surface area contributed by atoms with Gasteiger partial charge in [0.05, 0.1) is 0 Å². The number of hydrogen-bond donors (Lipinski definition) is 1. The van der Waals surface area contributed by atoms with E-state index in [2.05, 4.69) is 6.58 Å². The van der Waals surface area contributed by atoms with Crippen LogP contribution in [0, 0.1) is 0 Å². The minimum Gasteiger partial charge on any atom is -0.326 e. The number of halogens is 1. The Morgan fingerprint density at radius 2 is 2.09 bits per heavy atom. The molecule has 0 saturated heterocycles.